The molecule has 2 aromatic rings. The van der Waals surface area contributed by atoms with Crippen molar-refractivity contribution >= 4 is 11.8 Å². The summed E-state index contributed by atoms with van der Waals surface area (Å²) in [6, 6.07) is 7.46. The van der Waals surface area contributed by atoms with Crippen LogP contribution in [-0.2, 0) is 11.4 Å². The summed E-state index contributed by atoms with van der Waals surface area (Å²) in [6.45, 7) is 4.97. The monoisotopic (exact) mass is 381 g/mol. The van der Waals surface area contributed by atoms with Crippen molar-refractivity contribution in [1.29, 1.82) is 0 Å². The number of piperidine rings is 1. The topological polar surface area (TPSA) is 85.5 Å². The molecule has 1 unspecified atom stereocenters. The van der Waals surface area contributed by atoms with Crippen molar-refractivity contribution in [2.75, 3.05) is 6.54 Å². The van der Waals surface area contributed by atoms with Crippen LogP contribution < -0.4 is 10.5 Å². The van der Waals surface area contributed by atoms with E-state index in [1.54, 1.807) is 17.3 Å². The lowest BCUT2D eigenvalue weighted by molar-refractivity contribution is -0.119. The summed E-state index contributed by atoms with van der Waals surface area (Å²) in [7, 11) is 0. The van der Waals surface area contributed by atoms with Crippen LogP contribution in [0.15, 0.2) is 36.7 Å². The number of carbonyl (C=O) groups excluding carboxylic acids is 2. The average molecular weight is 381 g/mol. The summed E-state index contributed by atoms with van der Waals surface area (Å²) in [5.41, 5.74) is 8.82. The van der Waals surface area contributed by atoms with Crippen LogP contribution in [0.1, 0.15) is 52.7 Å². The van der Waals surface area contributed by atoms with Gasteiger partial charge in [0.2, 0.25) is 5.91 Å². The number of primary amides is 1. The van der Waals surface area contributed by atoms with Crippen molar-refractivity contribution in [3.8, 4) is 5.75 Å². The van der Waals surface area contributed by atoms with Gasteiger partial charge in [-0.15, -0.1) is 0 Å². The Hall–Kier alpha value is -2.89. The predicted molar refractivity (Wildman–Crippen MR) is 107 cm³/mol. The maximum atomic E-state index is 13.1. The molecule has 2 amide bonds. The van der Waals surface area contributed by atoms with Crippen molar-refractivity contribution in [3.05, 3.63) is 58.9 Å². The number of rotatable bonds is 6. The molecule has 6 heteroatoms. The standard InChI is InChI=1S/C22H27N3O3/c1-15-10-18(22(27)25-9-4-3-7-19(25)12-20(23)26)11-16(2)21(15)28-14-17-6-5-8-24-13-17/h5-6,8,10-11,13,19H,3-4,7,9,12,14H2,1-2H3,(H2,23,26). The molecule has 1 aromatic carbocycles. The van der Waals surface area contributed by atoms with Crippen LogP contribution in [0.4, 0.5) is 0 Å². The minimum atomic E-state index is -0.365. The van der Waals surface area contributed by atoms with Crippen LogP contribution in [0, 0.1) is 13.8 Å². The van der Waals surface area contributed by atoms with Gasteiger partial charge in [-0.05, 0) is 62.4 Å². The highest BCUT2D eigenvalue weighted by Crippen LogP contribution is 2.28. The molecule has 1 aromatic heterocycles. The molecule has 0 saturated carbocycles. The molecule has 6 nitrogen and oxygen atoms in total. The number of benzene rings is 1. The zero-order chi connectivity index (χ0) is 20.1. The molecule has 28 heavy (non-hydrogen) atoms. The number of nitrogens with zero attached hydrogens (tertiary/aromatic N) is 2. The summed E-state index contributed by atoms with van der Waals surface area (Å²) in [5, 5.41) is 0. The minimum Gasteiger partial charge on any atom is -0.488 e. The van der Waals surface area contributed by atoms with E-state index in [2.05, 4.69) is 4.98 Å². The van der Waals surface area contributed by atoms with Crippen LogP contribution in [0.25, 0.3) is 0 Å². The van der Waals surface area contributed by atoms with Gasteiger partial charge in [-0.25, -0.2) is 0 Å². The highest BCUT2D eigenvalue weighted by molar-refractivity contribution is 5.95. The third-order valence-electron chi connectivity index (χ3n) is 5.14. The van der Waals surface area contributed by atoms with E-state index in [9.17, 15) is 9.59 Å². The van der Waals surface area contributed by atoms with E-state index in [0.29, 0.717) is 18.7 Å². The zero-order valence-electron chi connectivity index (χ0n) is 16.5. The quantitative estimate of drug-likeness (QED) is 0.833. The van der Waals surface area contributed by atoms with Gasteiger partial charge in [-0.1, -0.05) is 6.07 Å². The lowest BCUT2D eigenvalue weighted by Gasteiger charge is -2.35. The molecule has 1 aliphatic rings. The molecule has 0 aliphatic carbocycles. The van der Waals surface area contributed by atoms with Crippen molar-refractivity contribution < 1.29 is 14.3 Å². The highest BCUT2D eigenvalue weighted by atomic mass is 16.5. The molecule has 0 radical (unpaired) electrons. The largest absolute Gasteiger partial charge is 0.488 e. The Kier molecular flexibility index (Phi) is 6.29. The molecule has 148 valence electrons. The molecular formula is C22H27N3O3. The first-order valence-corrected chi connectivity index (χ1v) is 9.68. The number of nitrogens with two attached hydrogens (primary N) is 1. The molecule has 3 rings (SSSR count). The minimum absolute atomic E-state index is 0.0454. The SMILES string of the molecule is Cc1cc(C(=O)N2CCCCC2CC(N)=O)cc(C)c1OCc1cccnc1. The zero-order valence-corrected chi connectivity index (χ0v) is 16.5. The number of pyridine rings is 1. The molecule has 1 atom stereocenters. The molecule has 2 heterocycles. The highest BCUT2D eigenvalue weighted by Gasteiger charge is 2.29. The Labute approximate surface area is 165 Å². The number of aromatic nitrogens is 1. The van der Waals surface area contributed by atoms with Gasteiger partial charge >= 0.3 is 0 Å². The van der Waals surface area contributed by atoms with Crippen LogP contribution in [0.3, 0.4) is 0 Å². The molecular weight excluding hydrogens is 354 g/mol. The van der Waals surface area contributed by atoms with Gasteiger partial charge in [0, 0.05) is 42.5 Å². The van der Waals surface area contributed by atoms with Crippen LogP contribution in [0.2, 0.25) is 0 Å². The van der Waals surface area contributed by atoms with Gasteiger partial charge in [0.15, 0.2) is 0 Å². The van der Waals surface area contributed by atoms with Crippen LogP contribution in [-0.4, -0.2) is 34.3 Å². The molecule has 0 bridgehead atoms. The molecule has 1 saturated heterocycles. The summed E-state index contributed by atoms with van der Waals surface area (Å²) >= 11 is 0. The third kappa shape index (κ3) is 4.68. The second-order valence-corrected chi connectivity index (χ2v) is 7.41. The van der Waals surface area contributed by atoms with E-state index in [1.165, 1.54) is 0 Å². The van der Waals surface area contributed by atoms with Crippen molar-refractivity contribution in [2.24, 2.45) is 5.73 Å². The normalized spacial score (nSPS) is 16.6. The number of aryl methyl sites for hydroxylation is 2. The van der Waals surface area contributed by atoms with Gasteiger partial charge in [0.1, 0.15) is 12.4 Å². The summed E-state index contributed by atoms with van der Waals surface area (Å²) in [5.74, 6) is 0.375. The Morgan fingerprint density at radius 2 is 2.00 bits per heavy atom. The van der Waals surface area contributed by atoms with E-state index in [4.69, 9.17) is 10.5 Å². The predicted octanol–water partition coefficient (Wildman–Crippen LogP) is 3.15. The number of ether oxygens (including phenoxy) is 1. The summed E-state index contributed by atoms with van der Waals surface area (Å²) in [6.07, 6.45) is 6.51. The Balaban J connectivity index is 1.77. The van der Waals surface area contributed by atoms with Gasteiger partial charge in [0.25, 0.3) is 5.91 Å². The summed E-state index contributed by atoms with van der Waals surface area (Å²) in [4.78, 5) is 30.4. The van der Waals surface area contributed by atoms with E-state index < -0.39 is 0 Å². The second-order valence-electron chi connectivity index (χ2n) is 7.41. The molecule has 2 N–H and O–H groups in total. The molecule has 1 aliphatic heterocycles. The summed E-state index contributed by atoms with van der Waals surface area (Å²) < 4.78 is 5.98. The number of likely N-dealkylation sites (tertiary alicyclic amines) is 1. The fourth-order valence-electron chi connectivity index (χ4n) is 3.82. The van der Waals surface area contributed by atoms with Crippen molar-refractivity contribution in [2.45, 2.75) is 52.2 Å². The van der Waals surface area contributed by atoms with Crippen LogP contribution >= 0.6 is 0 Å². The van der Waals surface area contributed by atoms with Gasteiger partial charge in [-0.2, -0.15) is 0 Å². The van der Waals surface area contributed by atoms with Crippen molar-refractivity contribution in [1.82, 2.24) is 9.88 Å². The van der Waals surface area contributed by atoms with Crippen molar-refractivity contribution in [3.63, 3.8) is 0 Å². The fourth-order valence-corrected chi connectivity index (χ4v) is 3.82. The maximum absolute atomic E-state index is 13.1. The molecule has 1 fully saturated rings. The van der Waals surface area contributed by atoms with E-state index in [-0.39, 0.29) is 24.3 Å². The first-order valence-electron chi connectivity index (χ1n) is 9.68. The number of hydrogen-bond acceptors (Lipinski definition) is 4. The number of hydrogen-bond donors (Lipinski definition) is 1. The van der Waals surface area contributed by atoms with E-state index in [0.717, 1.165) is 41.7 Å². The van der Waals surface area contributed by atoms with Crippen LogP contribution in [0.5, 0.6) is 5.75 Å². The van der Waals surface area contributed by atoms with Gasteiger partial charge < -0.3 is 15.4 Å². The maximum Gasteiger partial charge on any atom is 0.254 e. The van der Waals surface area contributed by atoms with Gasteiger partial charge in [-0.3, -0.25) is 14.6 Å². The van der Waals surface area contributed by atoms with E-state index >= 15 is 0 Å². The Morgan fingerprint density at radius 3 is 2.64 bits per heavy atom. The number of carbonyl (C=O) groups is 2. The Morgan fingerprint density at radius 1 is 1.25 bits per heavy atom. The smallest absolute Gasteiger partial charge is 0.254 e. The Bertz CT molecular complexity index is 828. The second kappa shape index (κ2) is 8.87. The first kappa shape index (κ1) is 19.9. The number of amides is 2. The first-order chi connectivity index (χ1) is 13.5. The third-order valence-corrected chi connectivity index (χ3v) is 5.14. The lowest BCUT2D eigenvalue weighted by Crippen LogP contribution is -2.45. The average Bonchev–Trinajstić information content (AvgIpc) is 2.67. The fraction of sp³-hybridized carbons (Fsp3) is 0.409. The molecule has 0 spiro atoms. The van der Waals surface area contributed by atoms with Gasteiger partial charge in [0.05, 0.1) is 0 Å². The van der Waals surface area contributed by atoms with E-state index in [1.807, 2.05) is 38.1 Å². The lowest BCUT2D eigenvalue weighted by atomic mass is 9.97.